The van der Waals surface area contributed by atoms with Gasteiger partial charge < -0.3 is 10.1 Å². The number of aromatic nitrogens is 2. The van der Waals surface area contributed by atoms with Gasteiger partial charge in [0.15, 0.2) is 0 Å². The molecule has 1 amide bonds. The number of hydrogen-bond donors (Lipinski definition) is 2. The van der Waals surface area contributed by atoms with Crippen LogP contribution < -0.4 is 10.9 Å². The quantitative estimate of drug-likeness (QED) is 0.811. The van der Waals surface area contributed by atoms with Gasteiger partial charge in [-0.2, -0.15) is 0 Å². The van der Waals surface area contributed by atoms with E-state index in [4.69, 9.17) is 4.74 Å². The van der Waals surface area contributed by atoms with Crippen molar-refractivity contribution in [2.45, 2.75) is 0 Å². The number of carbonyl (C=O) groups is 1. The maximum absolute atomic E-state index is 11.5. The van der Waals surface area contributed by atoms with E-state index in [1.54, 1.807) is 29.9 Å². The molecule has 0 bridgehead atoms. The van der Waals surface area contributed by atoms with Crippen molar-refractivity contribution in [2.75, 3.05) is 19.0 Å². The number of aryl methyl sites for hydroxylation is 1. The third kappa shape index (κ3) is 2.21. The van der Waals surface area contributed by atoms with Crippen LogP contribution >= 0.6 is 0 Å². The van der Waals surface area contributed by atoms with E-state index in [9.17, 15) is 9.59 Å². The highest BCUT2D eigenvalue weighted by Gasteiger charge is 2.06. The van der Waals surface area contributed by atoms with Crippen molar-refractivity contribution >= 4 is 22.5 Å². The molecule has 0 radical (unpaired) electrons. The van der Waals surface area contributed by atoms with E-state index < -0.39 is 0 Å². The Balaban J connectivity index is 2.35. The van der Waals surface area contributed by atoms with Gasteiger partial charge in [-0.15, -0.1) is 0 Å². The van der Waals surface area contributed by atoms with Crippen molar-refractivity contribution in [2.24, 2.45) is 7.05 Å². The molecule has 0 aliphatic rings. The Morgan fingerprint density at radius 1 is 1.53 bits per heavy atom. The Bertz CT molecular complexity index is 612. The molecule has 0 saturated heterocycles. The SMILES string of the molecule is COCC(=O)Nc1ccc2c(c1)c(=O)[nH]n2C. The number of hydrogen-bond acceptors (Lipinski definition) is 3. The summed E-state index contributed by atoms with van der Waals surface area (Å²) in [5.41, 5.74) is 1.20. The van der Waals surface area contributed by atoms with Crippen LogP contribution in [0.2, 0.25) is 0 Å². The van der Waals surface area contributed by atoms with Crippen LogP contribution in [0.3, 0.4) is 0 Å². The number of methoxy groups -OCH3 is 1. The van der Waals surface area contributed by atoms with Crippen LogP contribution in [0, 0.1) is 0 Å². The minimum atomic E-state index is -0.251. The maximum Gasteiger partial charge on any atom is 0.272 e. The van der Waals surface area contributed by atoms with Gasteiger partial charge in [-0.1, -0.05) is 0 Å². The molecular weight excluding hydrogens is 222 g/mol. The third-order valence-corrected chi connectivity index (χ3v) is 2.43. The predicted molar refractivity (Wildman–Crippen MR) is 64.0 cm³/mol. The van der Waals surface area contributed by atoms with Gasteiger partial charge in [-0.3, -0.25) is 19.4 Å². The molecule has 0 spiro atoms. The van der Waals surface area contributed by atoms with Gasteiger partial charge in [0.1, 0.15) is 6.61 Å². The molecule has 0 atom stereocenters. The van der Waals surface area contributed by atoms with E-state index in [1.807, 2.05) is 0 Å². The van der Waals surface area contributed by atoms with E-state index in [1.165, 1.54) is 7.11 Å². The van der Waals surface area contributed by atoms with Crippen LogP contribution in [-0.2, 0) is 16.6 Å². The fourth-order valence-corrected chi connectivity index (χ4v) is 1.69. The summed E-state index contributed by atoms with van der Waals surface area (Å²) in [5, 5.41) is 5.83. The van der Waals surface area contributed by atoms with Crippen LogP contribution in [0.1, 0.15) is 0 Å². The molecule has 17 heavy (non-hydrogen) atoms. The van der Waals surface area contributed by atoms with Gasteiger partial charge in [0.05, 0.1) is 10.9 Å². The first-order chi connectivity index (χ1) is 8.11. The lowest BCUT2D eigenvalue weighted by Crippen LogP contribution is -2.17. The van der Waals surface area contributed by atoms with Crippen molar-refractivity contribution in [3.05, 3.63) is 28.6 Å². The third-order valence-electron chi connectivity index (χ3n) is 2.43. The molecule has 0 unspecified atom stereocenters. The van der Waals surface area contributed by atoms with Gasteiger partial charge >= 0.3 is 0 Å². The monoisotopic (exact) mass is 235 g/mol. The van der Waals surface area contributed by atoms with E-state index in [0.717, 1.165) is 5.52 Å². The van der Waals surface area contributed by atoms with Gasteiger partial charge in [-0.05, 0) is 18.2 Å². The van der Waals surface area contributed by atoms with E-state index in [0.29, 0.717) is 11.1 Å². The molecule has 1 aromatic heterocycles. The molecule has 2 aromatic rings. The number of benzene rings is 1. The first-order valence-electron chi connectivity index (χ1n) is 5.09. The molecule has 0 saturated carbocycles. The molecule has 0 fully saturated rings. The minimum Gasteiger partial charge on any atom is -0.375 e. The normalized spacial score (nSPS) is 10.7. The van der Waals surface area contributed by atoms with Gasteiger partial charge in [-0.25, -0.2) is 0 Å². The van der Waals surface area contributed by atoms with Gasteiger partial charge in [0.25, 0.3) is 5.56 Å². The zero-order valence-electron chi connectivity index (χ0n) is 9.61. The number of aromatic amines is 1. The first-order valence-corrected chi connectivity index (χ1v) is 5.09. The van der Waals surface area contributed by atoms with Crippen LogP contribution in [-0.4, -0.2) is 29.4 Å². The molecule has 1 aromatic carbocycles. The second-order valence-electron chi connectivity index (χ2n) is 3.71. The van der Waals surface area contributed by atoms with Crippen LogP contribution in [0.4, 0.5) is 5.69 Å². The lowest BCUT2D eigenvalue weighted by Gasteiger charge is -2.04. The summed E-state index contributed by atoms with van der Waals surface area (Å²) in [7, 11) is 3.21. The Hall–Kier alpha value is -2.08. The highest BCUT2D eigenvalue weighted by Crippen LogP contribution is 2.15. The second-order valence-corrected chi connectivity index (χ2v) is 3.71. The number of nitrogens with one attached hydrogen (secondary N) is 2. The highest BCUT2D eigenvalue weighted by molar-refractivity contribution is 5.94. The lowest BCUT2D eigenvalue weighted by atomic mass is 10.2. The number of H-pyrrole nitrogens is 1. The van der Waals surface area contributed by atoms with Crippen molar-refractivity contribution in [3.63, 3.8) is 0 Å². The van der Waals surface area contributed by atoms with Crippen molar-refractivity contribution in [1.82, 2.24) is 9.78 Å². The molecular formula is C11H13N3O3. The average molecular weight is 235 g/mol. The van der Waals surface area contributed by atoms with E-state index in [-0.39, 0.29) is 18.1 Å². The molecule has 0 aliphatic heterocycles. The number of amides is 1. The van der Waals surface area contributed by atoms with Crippen molar-refractivity contribution in [3.8, 4) is 0 Å². The predicted octanol–water partition coefficient (Wildman–Crippen LogP) is 0.451. The molecule has 6 heteroatoms. The fourth-order valence-electron chi connectivity index (χ4n) is 1.69. The summed E-state index contributed by atoms with van der Waals surface area (Å²) in [5.74, 6) is -0.251. The van der Waals surface area contributed by atoms with Crippen molar-refractivity contribution < 1.29 is 9.53 Å². The summed E-state index contributed by atoms with van der Waals surface area (Å²) in [4.78, 5) is 22.9. The van der Waals surface area contributed by atoms with Crippen LogP contribution in [0.5, 0.6) is 0 Å². The molecule has 0 aliphatic carbocycles. The molecule has 2 N–H and O–H groups in total. The topological polar surface area (TPSA) is 76.1 Å². The van der Waals surface area contributed by atoms with Crippen LogP contribution in [0.25, 0.3) is 10.9 Å². The zero-order chi connectivity index (χ0) is 12.4. The molecule has 2 rings (SSSR count). The van der Waals surface area contributed by atoms with Crippen molar-refractivity contribution in [1.29, 1.82) is 0 Å². The number of fused-ring (bicyclic) bond motifs is 1. The Morgan fingerprint density at radius 3 is 3.00 bits per heavy atom. The maximum atomic E-state index is 11.5. The van der Waals surface area contributed by atoms with E-state index >= 15 is 0 Å². The summed E-state index contributed by atoms with van der Waals surface area (Å²) in [6.07, 6.45) is 0. The summed E-state index contributed by atoms with van der Waals surface area (Å²) in [6.45, 7) is -0.0107. The number of anilines is 1. The summed E-state index contributed by atoms with van der Waals surface area (Å²) < 4.78 is 6.34. The first kappa shape index (κ1) is 11.4. The summed E-state index contributed by atoms with van der Waals surface area (Å²) >= 11 is 0. The molecule has 6 nitrogen and oxygen atoms in total. The number of rotatable bonds is 3. The van der Waals surface area contributed by atoms with Gasteiger partial charge in [0, 0.05) is 19.8 Å². The second kappa shape index (κ2) is 4.42. The highest BCUT2D eigenvalue weighted by atomic mass is 16.5. The largest absolute Gasteiger partial charge is 0.375 e. The zero-order valence-corrected chi connectivity index (χ0v) is 9.61. The summed E-state index contributed by atoms with van der Waals surface area (Å²) in [6, 6.07) is 5.15. The number of ether oxygens (including phenoxy) is 1. The molecule has 1 heterocycles. The Morgan fingerprint density at radius 2 is 2.29 bits per heavy atom. The Kier molecular flexibility index (Phi) is 2.97. The Labute approximate surface area is 97.2 Å². The minimum absolute atomic E-state index is 0.0107. The van der Waals surface area contributed by atoms with Gasteiger partial charge in [0.2, 0.25) is 5.91 Å². The number of nitrogens with zero attached hydrogens (tertiary/aromatic N) is 1. The van der Waals surface area contributed by atoms with Crippen LogP contribution in [0.15, 0.2) is 23.0 Å². The smallest absolute Gasteiger partial charge is 0.272 e. The molecule has 90 valence electrons. The fraction of sp³-hybridized carbons (Fsp3) is 0.273. The average Bonchev–Trinajstić information content (AvgIpc) is 2.55. The lowest BCUT2D eigenvalue weighted by molar-refractivity contribution is -0.119. The van der Waals surface area contributed by atoms with E-state index in [2.05, 4.69) is 10.4 Å². The standard InChI is InChI=1S/C11H13N3O3/c1-14-9-4-3-7(12-10(15)6-17-2)5-8(9)11(16)13-14/h3-5H,6H2,1-2H3,(H,12,15)(H,13,16). The number of carbonyl (C=O) groups excluding carboxylic acids is 1.